The summed E-state index contributed by atoms with van der Waals surface area (Å²) in [5.74, 6) is 0.280. The zero-order chi connectivity index (χ0) is 11.7. The fourth-order valence-electron chi connectivity index (χ4n) is 1.01. The fraction of sp³-hybridized carbons (Fsp3) is 0.750. The first kappa shape index (κ1) is 14.2. The Hall–Kier alpha value is -0.830. The standard InChI is InChI=1S/C12H22O3/c1-5-14-9-11(8-7-10(3)4)12(13)15-6-2/h8,10H,5-7,9H2,1-4H3. The second-order valence-electron chi connectivity index (χ2n) is 3.72. The van der Waals surface area contributed by atoms with Crippen molar-refractivity contribution >= 4 is 5.97 Å². The molecule has 0 aromatic carbocycles. The third-order valence-electron chi connectivity index (χ3n) is 1.83. The van der Waals surface area contributed by atoms with Crippen LogP contribution < -0.4 is 0 Å². The lowest BCUT2D eigenvalue weighted by Gasteiger charge is -2.08. The van der Waals surface area contributed by atoms with Crippen LogP contribution >= 0.6 is 0 Å². The second-order valence-corrected chi connectivity index (χ2v) is 3.72. The van der Waals surface area contributed by atoms with E-state index in [-0.39, 0.29) is 5.97 Å². The van der Waals surface area contributed by atoms with Crippen LogP contribution in [0.1, 0.15) is 34.1 Å². The van der Waals surface area contributed by atoms with Crippen LogP contribution in [0.3, 0.4) is 0 Å². The topological polar surface area (TPSA) is 35.5 Å². The summed E-state index contributed by atoms with van der Waals surface area (Å²) in [6.45, 7) is 9.30. The normalized spacial score (nSPS) is 11.9. The minimum absolute atomic E-state index is 0.258. The molecule has 0 aromatic heterocycles. The van der Waals surface area contributed by atoms with Gasteiger partial charge in [-0.05, 0) is 26.2 Å². The Morgan fingerprint density at radius 1 is 1.27 bits per heavy atom. The first-order valence-electron chi connectivity index (χ1n) is 5.55. The lowest BCUT2D eigenvalue weighted by Crippen LogP contribution is -2.13. The molecule has 0 aromatic rings. The van der Waals surface area contributed by atoms with Crippen molar-refractivity contribution < 1.29 is 14.3 Å². The molecule has 0 amide bonds. The largest absolute Gasteiger partial charge is 0.463 e. The predicted molar refractivity (Wildman–Crippen MR) is 60.7 cm³/mol. The number of carbonyl (C=O) groups is 1. The van der Waals surface area contributed by atoms with Crippen molar-refractivity contribution in [1.82, 2.24) is 0 Å². The number of hydrogen-bond acceptors (Lipinski definition) is 3. The van der Waals surface area contributed by atoms with Gasteiger partial charge in [-0.15, -0.1) is 0 Å². The molecule has 0 N–H and O–H groups in total. The molecule has 0 bridgehead atoms. The molecule has 3 nitrogen and oxygen atoms in total. The highest BCUT2D eigenvalue weighted by atomic mass is 16.5. The summed E-state index contributed by atoms with van der Waals surface area (Å²) >= 11 is 0. The smallest absolute Gasteiger partial charge is 0.336 e. The highest BCUT2D eigenvalue weighted by molar-refractivity contribution is 5.88. The molecule has 0 atom stereocenters. The van der Waals surface area contributed by atoms with Gasteiger partial charge >= 0.3 is 5.97 Å². The molecule has 0 radical (unpaired) electrons. The van der Waals surface area contributed by atoms with Crippen LogP contribution in [0.5, 0.6) is 0 Å². The van der Waals surface area contributed by atoms with Crippen LogP contribution in [-0.2, 0) is 14.3 Å². The van der Waals surface area contributed by atoms with Crippen molar-refractivity contribution in [1.29, 1.82) is 0 Å². The summed E-state index contributed by atoms with van der Waals surface area (Å²) in [6.07, 6.45) is 2.79. The number of ether oxygens (including phenoxy) is 2. The Morgan fingerprint density at radius 2 is 1.93 bits per heavy atom. The average Bonchev–Trinajstić information content (AvgIpc) is 2.17. The Bertz CT molecular complexity index is 207. The van der Waals surface area contributed by atoms with Crippen LogP contribution in [-0.4, -0.2) is 25.8 Å². The lowest BCUT2D eigenvalue weighted by atomic mass is 10.1. The first-order valence-corrected chi connectivity index (χ1v) is 5.55. The van der Waals surface area contributed by atoms with E-state index in [9.17, 15) is 4.79 Å². The van der Waals surface area contributed by atoms with Crippen LogP contribution in [0.2, 0.25) is 0 Å². The van der Waals surface area contributed by atoms with Crippen LogP contribution in [0.15, 0.2) is 11.6 Å². The van der Waals surface area contributed by atoms with Gasteiger partial charge in [-0.1, -0.05) is 19.9 Å². The minimum Gasteiger partial charge on any atom is -0.463 e. The van der Waals surface area contributed by atoms with Gasteiger partial charge in [0.25, 0.3) is 0 Å². The number of allylic oxidation sites excluding steroid dienone is 1. The molecule has 0 aliphatic rings. The summed E-state index contributed by atoms with van der Waals surface area (Å²) < 4.78 is 10.2. The van der Waals surface area contributed by atoms with Gasteiger partial charge in [-0.2, -0.15) is 0 Å². The Balaban J connectivity index is 4.28. The van der Waals surface area contributed by atoms with Crippen molar-refractivity contribution in [2.45, 2.75) is 34.1 Å². The highest BCUT2D eigenvalue weighted by Gasteiger charge is 2.10. The van der Waals surface area contributed by atoms with E-state index in [1.165, 1.54) is 0 Å². The molecule has 0 unspecified atom stereocenters. The van der Waals surface area contributed by atoms with E-state index in [4.69, 9.17) is 9.47 Å². The third-order valence-corrected chi connectivity index (χ3v) is 1.83. The zero-order valence-corrected chi connectivity index (χ0v) is 10.2. The number of hydrogen-bond donors (Lipinski definition) is 0. The molecule has 0 fully saturated rings. The van der Waals surface area contributed by atoms with Crippen molar-refractivity contribution in [2.24, 2.45) is 5.92 Å². The quantitative estimate of drug-likeness (QED) is 0.482. The van der Waals surface area contributed by atoms with Gasteiger partial charge in [0, 0.05) is 6.61 Å². The van der Waals surface area contributed by atoms with Gasteiger partial charge in [0.05, 0.1) is 18.8 Å². The SMILES string of the molecule is CCOCC(=CCC(C)C)C(=O)OCC. The van der Waals surface area contributed by atoms with Gasteiger partial charge in [0.2, 0.25) is 0 Å². The lowest BCUT2D eigenvalue weighted by molar-refractivity contribution is -0.139. The molecule has 0 aliphatic carbocycles. The third kappa shape index (κ3) is 7.14. The first-order chi connectivity index (χ1) is 7.11. The van der Waals surface area contributed by atoms with Gasteiger partial charge in [0.15, 0.2) is 0 Å². The molecular weight excluding hydrogens is 192 g/mol. The maximum absolute atomic E-state index is 11.5. The molecule has 3 heteroatoms. The van der Waals surface area contributed by atoms with Gasteiger partial charge < -0.3 is 9.47 Å². The van der Waals surface area contributed by atoms with Crippen molar-refractivity contribution in [2.75, 3.05) is 19.8 Å². The zero-order valence-electron chi connectivity index (χ0n) is 10.2. The second kappa shape index (κ2) is 8.48. The monoisotopic (exact) mass is 214 g/mol. The minimum atomic E-state index is -0.258. The molecular formula is C12H22O3. The molecule has 0 saturated carbocycles. The van der Waals surface area contributed by atoms with E-state index in [0.29, 0.717) is 31.3 Å². The van der Waals surface area contributed by atoms with E-state index in [2.05, 4.69) is 13.8 Å². The molecule has 0 spiro atoms. The van der Waals surface area contributed by atoms with Crippen LogP contribution in [0, 0.1) is 5.92 Å². The summed E-state index contributed by atoms with van der Waals surface area (Å²) in [6, 6.07) is 0. The maximum atomic E-state index is 11.5. The van der Waals surface area contributed by atoms with E-state index < -0.39 is 0 Å². The number of carbonyl (C=O) groups excluding carboxylic acids is 1. The van der Waals surface area contributed by atoms with E-state index in [1.54, 1.807) is 6.92 Å². The fourth-order valence-corrected chi connectivity index (χ4v) is 1.01. The summed E-state index contributed by atoms with van der Waals surface area (Å²) in [5, 5.41) is 0. The van der Waals surface area contributed by atoms with E-state index >= 15 is 0 Å². The van der Waals surface area contributed by atoms with Gasteiger partial charge in [-0.25, -0.2) is 4.79 Å². The Labute approximate surface area is 92.5 Å². The average molecular weight is 214 g/mol. The van der Waals surface area contributed by atoms with Crippen LogP contribution in [0.25, 0.3) is 0 Å². The Morgan fingerprint density at radius 3 is 2.40 bits per heavy atom. The van der Waals surface area contributed by atoms with Gasteiger partial charge in [-0.3, -0.25) is 0 Å². The molecule has 0 rings (SSSR count). The predicted octanol–water partition coefficient (Wildman–Crippen LogP) is 2.56. The van der Waals surface area contributed by atoms with Crippen molar-refractivity contribution in [3.8, 4) is 0 Å². The Kier molecular flexibility index (Phi) is 8.01. The number of rotatable bonds is 7. The molecule has 88 valence electrons. The van der Waals surface area contributed by atoms with Gasteiger partial charge in [0.1, 0.15) is 0 Å². The van der Waals surface area contributed by atoms with Crippen molar-refractivity contribution in [3.63, 3.8) is 0 Å². The molecule has 15 heavy (non-hydrogen) atoms. The molecule has 0 heterocycles. The summed E-state index contributed by atoms with van der Waals surface area (Å²) in [5.41, 5.74) is 0.632. The van der Waals surface area contributed by atoms with Crippen molar-refractivity contribution in [3.05, 3.63) is 11.6 Å². The molecule has 0 saturated heterocycles. The highest BCUT2D eigenvalue weighted by Crippen LogP contribution is 2.07. The maximum Gasteiger partial charge on any atom is 0.336 e. The summed E-state index contributed by atoms with van der Waals surface area (Å²) in [7, 11) is 0. The van der Waals surface area contributed by atoms with E-state index in [0.717, 1.165) is 6.42 Å². The number of esters is 1. The van der Waals surface area contributed by atoms with Crippen LogP contribution in [0.4, 0.5) is 0 Å². The van der Waals surface area contributed by atoms with E-state index in [1.807, 2.05) is 13.0 Å². The summed E-state index contributed by atoms with van der Waals surface area (Å²) in [4.78, 5) is 11.5. The molecule has 0 aliphatic heterocycles.